The fourth-order valence-corrected chi connectivity index (χ4v) is 1.48. The third-order valence-corrected chi connectivity index (χ3v) is 2.61. The Labute approximate surface area is 78.5 Å². The molecule has 2 N–H and O–H groups in total. The summed E-state index contributed by atoms with van der Waals surface area (Å²) in [5.74, 6) is 0.426. The van der Waals surface area contributed by atoms with Gasteiger partial charge in [-0.05, 0) is 26.2 Å². The molecule has 0 aromatic rings. The lowest BCUT2D eigenvalue weighted by atomic mass is 9.93. The van der Waals surface area contributed by atoms with Gasteiger partial charge in [-0.1, -0.05) is 0 Å². The van der Waals surface area contributed by atoms with Crippen molar-refractivity contribution < 1.29 is 0 Å². The summed E-state index contributed by atoms with van der Waals surface area (Å²) in [6, 6.07) is 0.628. The van der Waals surface area contributed by atoms with Gasteiger partial charge in [-0.2, -0.15) is 0 Å². The van der Waals surface area contributed by atoms with Gasteiger partial charge in [-0.25, -0.2) is 0 Å². The second-order valence-electron chi connectivity index (χ2n) is 3.20. The van der Waals surface area contributed by atoms with Crippen LogP contribution in [0, 0.1) is 5.41 Å². The third kappa shape index (κ3) is 2.24. The Morgan fingerprint density at radius 3 is 2.67 bits per heavy atom. The Kier molecular flexibility index (Phi) is 3.60. The molecule has 2 nitrogen and oxygen atoms in total. The highest BCUT2D eigenvalue weighted by Gasteiger charge is 2.17. The molecule has 0 unspecified atom stereocenters. The summed E-state index contributed by atoms with van der Waals surface area (Å²) in [4.78, 5) is 0. The van der Waals surface area contributed by atoms with Crippen LogP contribution in [0.1, 0.15) is 26.2 Å². The molecule has 0 aliphatic heterocycles. The molecule has 0 saturated heterocycles. The molecular formula is C9H15ClN2. The molecule has 3 heteroatoms. The van der Waals surface area contributed by atoms with Crippen molar-refractivity contribution in [1.29, 1.82) is 5.41 Å². The fraction of sp³-hybridized carbons (Fsp3) is 0.667. The SMILES string of the molecule is C/C(NC1CCC1)=C(/C=N)CCl. The normalized spacial score (nSPS) is 19.5. The van der Waals surface area contributed by atoms with E-state index in [1.54, 1.807) is 0 Å². The molecule has 0 amide bonds. The van der Waals surface area contributed by atoms with E-state index in [1.165, 1.54) is 25.5 Å². The van der Waals surface area contributed by atoms with Gasteiger partial charge in [0.15, 0.2) is 0 Å². The zero-order valence-electron chi connectivity index (χ0n) is 7.36. The van der Waals surface area contributed by atoms with Gasteiger partial charge in [0.25, 0.3) is 0 Å². The van der Waals surface area contributed by atoms with Gasteiger partial charge in [0.05, 0.1) is 5.88 Å². The van der Waals surface area contributed by atoms with Gasteiger partial charge in [0.1, 0.15) is 0 Å². The number of nitrogens with one attached hydrogen (secondary N) is 2. The van der Waals surface area contributed by atoms with E-state index >= 15 is 0 Å². The van der Waals surface area contributed by atoms with Crippen LogP contribution in [-0.4, -0.2) is 18.1 Å². The van der Waals surface area contributed by atoms with Crippen LogP contribution in [-0.2, 0) is 0 Å². The summed E-state index contributed by atoms with van der Waals surface area (Å²) in [5.41, 5.74) is 1.95. The Morgan fingerprint density at radius 1 is 1.67 bits per heavy atom. The van der Waals surface area contributed by atoms with Crippen molar-refractivity contribution in [3.63, 3.8) is 0 Å². The molecule has 12 heavy (non-hydrogen) atoms. The lowest BCUT2D eigenvalue weighted by molar-refractivity contribution is 0.364. The third-order valence-electron chi connectivity index (χ3n) is 2.33. The second-order valence-corrected chi connectivity index (χ2v) is 3.47. The van der Waals surface area contributed by atoms with Crippen molar-refractivity contribution >= 4 is 17.8 Å². The van der Waals surface area contributed by atoms with Crippen LogP contribution in [0.5, 0.6) is 0 Å². The standard InChI is InChI=1S/C9H15ClN2/c1-7(8(5-10)6-11)12-9-3-2-4-9/h6,9,11-12H,2-5H2,1H3/b8-7-,11-6?. The van der Waals surface area contributed by atoms with Crippen molar-refractivity contribution in [2.24, 2.45) is 0 Å². The van der Waals surface area contributed by atoms with Gasteiger partial charge in [-0.3, -0.25) is 0 Å². The maximum atomic E-state index is 7.10. The summed E-state index contributed by atoms with van der Waals surface area (Å²) < 4.78 is 0. The number of hydrogen-bond donors (Lipinski definition) is 2. The van der Waals surface area contributed by atoms with Gasteiger partial charge in [-0.15, -0.1) is 11.6 Å². The first kappa shape index (κ1) is 9.59. The summed E-state index contributed by atoms with van der Waals surface area (Å²) in [6.45, 7) is 1.99. The molecule has 1 aliphatic carbocycles. The molecule has 0 radical (unpaired) electrons. The number of alkyl halides is 1. The van der Waals surface area contributed by atoms with Crippen LogP contribution in [0.2, 0.25) is 0 Å². The van der Waals surface area contributed by atoms with Crippen LogP contribution >= 0.6 is 11.6 Å². The highest BCUT2D eigenvalue weighted by Crippen LogP contribution is 2.19. The summed E-state index contributed by atoms with van der Waals surface area (Å²) in [7, 11) is 0. The second kappa shape index (κ2) is 4.51. The van der Waals surface area contributed by atoms with E-state index in [0.717, 1.165) is 11.3 Å². The Morgan fingerprint density at radius 2 is 2.33 bits per heavy atom. The molecule has 1 fully saturated rings. The van der Waals surface area contributed by atoms with E-state index in [-0.39, 0.29) is 0 Å². The average Bonchev–Trinajstić information content (AvgIpc) is 1.99. The predicted molar refractivity (Wildman–Crippen MR) is 53.0 cm³/mol. The molecule has 0 aromatic heterocycles. The maximum Gasteiger partial charge on any atom is 0.0506 e. The van der Waals surface area contributed by atoms with Gasteiger partial charge in [0.2, 0.25) is 0 Å². The Balaban J connectivity index is 2.46. The Bertz CT molecular complexity index is 195. The molecule has 1 aliphatic rings. The first-order valence-corrected chi connectivity index (χ1v) is 4.84. The van der Waals surface area contributed by atoms with Crippen LogP contribution < -0.4 is 5.32 Å². The minimum atomic E-state index is 0.426. The van der Waals surface area contributed by atoms with Crippen molar-refractivity contribution in [2.45, 2.75) is 32.2 Å². The maximum absolute atomic E-state index is 7.10. The zero-order chi connectivity index (χ0) is 8.97. The Hall–Kier alpha value is -0.500. The number of allylic oxidation sites excluding steroid dienone is 2. The molecule has 68 valence electrons. The summed E-state index contributed by atoms with van der Waals surface area (Å²) >= 11 is 5.66. The van der Waals surface area contributed by atoms with E-state index in [0.29, 0.717) is 11.9 Å². The fourth-order valence-electron chi connectivity index (χ4n) is 1.20. The first-order chi connectivity index (χ1) is 5.77. The molecule has 1 rings (SSSR count). The van der Waals surface area contributed by atoms with Gasteiger partial charge >= 0.3 is 0 Å². The lowest BCUT2D eigenvalue weighted by Gasteiger charge is -2.28. The zero-order valence-corrected chi connectivity index (χ0v) is 8.12. The van der Waals surface area contributed by atoms with Crippen LogP contribution in [0.25, 0.3) is 0 Å². The molecule has 0 heterocycles. The highest BCUT2D eigenvalue weighted by atomic mass is 35.5. The van der Waals surface area contributed by atoms with Crippen LogP contribution in [0.15, 0.2) is 11.3 Å². The molecule has 0 bridgehead atoms. The molecular weight excluding hydrogens is 172 g/mol. The van der Waals surface area contributed by atoms with E-state index in [9.17, 15) is 0 Å². The first-order valence-electron chi connectivity index (χ1n) is 4.30. The van der Waals surface area contributed by atoms with Gasteiger partial charge < -0.3 is 10.7 Å². The topological polar surface area (TPSA) is 35.9 Å². The molecule has 0 atom stereocenters. The number of halogens is 1. The lowest BCUT2D eigenvalue weighted by Crippen LogP contribution is -2.34. The quantitative estimate of drug-likeness (QED) is 0.513. The van der Waals surface area contributed by atoms with Crippen LogP contribution in [0.3, 0.4) is 0 Å². The predicted octanol–water partition coefficient (Wildman–Crippen LogP) is 2.29. The van der Waals surface area contributed by atoms with Crippen molar-refractivity contribution in [1.82, 2.24) is 5.32 Å². The van der Waals surface area contributed by atoms with Crippen molar-refractivity contribution in [2.75, 3.05) is 5.88 Å². The van der Waals surface area contributed by atoms with E-state index in [4.69, 9.17) is 17.0 Å². The summed E-state index contributed by atoms with van der Waals surface area (Å²) in [5, 5.41) is 10.5. The molecule has 1 saturated carbocycles. The highest BCUT2D eigenvalue weighted by molar-refractivity contribution is 6.21. The van der Waals surface area contributed by atoms with Gasteiger partial charge in [0, 0.05) is 23.5 Å². The van der Waals surface area contributed by atoms with E-state index < -0.39 is 0 Å². The van der Waals surface area contributed by atoms with Crippen molar-refractivity contribution in [3.05, 3.63) is 11.3 Å². The van der Waals surface area contributed by atoms with E-state index in [2.05, 4.69) is 5.32 Å². The van der Waals surface area contributed by atoms with E-state index in [1.807, 2.05) is 6.92 Å². The number of hydrogen-bond acceptors (Lipinski definition) is 2. The summed E-state index contributed by atoms with van der Waals surface area (Å²) in [6.07, 6.45) is 5.16. The molecule has 0 spiro atoms. The minimum Gasteiger partial charge on any atom is -0.386 e. The average molecular weight is 187 g/mol. The van der Waals surface area contributed by atoms with Crippen LogP contribution in [0.4, 0.5) is 0 Å². The largest absolute Gasteiger partial charge is 0.386 e. The monoisotopic (exact) mass is 186 g/mol. The van der Waals surface area contributed by atoms with Crippen molar-refractivity contribution in [3.8, 4) is 0 Å². The smallest absolute Gasteiger partial charge is 0.0506 e. The minimum absolute atomic E-state index is 0.426. The number of rotatable bonds is 4. The molecule has 0 aromatic carbocycles.